The maximum absolute atomic E-state index is 14.2. The Balaban J connectivity index is 2.59. The van der Waals surface area contributed by atoms with Gasteiger partial charge in [0.15, 0.2) is 5.15 Å². The van der Waals surface area contributed by atoms with Crippen molar-refractivity contribution in [2.24, 2.45) is 5.73 Å². The van der Waals surface area contributed by atoms with E-state index in [-0.39, 0.29) is 27.2 Å². The number of halogens is 3. The molecule has 2 N–H and O–H groups in total. The van der Waals surface area contributed by atoms with Crippen molar-refractivity contribution in [1.82, 2.24) is 4.98 Å². The summed E-state index contributed by atoms with van der Waals surface area (Å²) < 4.78 is 19.3. The fourth-order valence-electron chi connectivity index (χ4n) is 2.29. The summed E-state index contributed by atoms with van der Waals surface area (Å²) in [5, 5.41) is 0.325. The van der Waals surface area contributed by atoms with Crippen LogP contribution in [-0.2, 0) is 4.79 Å². The Bertz CT molecular complexity index is 828. The summed E-state index contributed by atoms with van der Waals surface area (Å²) in [7, 11) is 1.41. The number of carbonyl (C=O) groups excluding carboxylic acids is 1. The zero-order valence-electron chi connectivity index (χ0n) is 13.6. The van der Waals surface area contributed by atoms with Gasteiger partial charge in [0, 0.05) is 18.3 Å². The lowest BCUT2D eigenvalue weighted by molar-refractivity contribution is -0.114. The molecule has 0 aliphatic rings. The smallest absolute Gasteiger partial charge is 0.265 e. The van der Waals surface area contributed by atoms with Gasteiger partial charge in [0.1, 0.15) is 17.3 Å². The third kappa shape index (κ3) is 4.21. The SMILES string of the molecule is CCN(/C(=C/c1cc(OC)c(Cl)cc1F)C(N)=O)c1cccnc1Cl. The summed E-state index contributed by atoms with van der Waals surface area (Å²) in [6.45, 7) is 2.17. The highest BCUT2D eigenvalue weighted by Crippen LogP contribution is 2.31. The Labute approximate surface area is 154 Å². The van der Waals surface area contributed by atoms with Crippen molar-refractivity contribution >= 4 is 40.9 Å². The van der Waals surface area contributed by atoms with E-state index in [4.69, 9.17) is 33.7 Å². The van der Waals surface area contributed by atoms with Crippen molar-refractivity contribution in [3.63, 3.8) is 0 Å². The molecule has 1 aromatic carbocycles. The molecule has 0 atom stereocenters. The average molecular weight is 384 g/mol. The minimum Gasteiger partial charge on any atom is -0.495 e. The van der Waals surface area contributed by atoms with Crippen LogP contribution in [0.4, 0.5) is 10.1 Å². The van der Waals surface area contributed by atoms with Crippen LogP contribution in [0.3, 0.4) is 0 Å². The largest absolute Gasteiger partial charge is 0.495 e. The van der Waals surface area contributed by atoms with Crippen molar-refractivity contribution < 1.29 is 13.9 Å². The number of primary amides is 1. The number of aromatic nitrogens is 1. The van der Waals surface area contributed by atoms with Gasteiger partial charge < -0.3 is 15.4 Å². The number of methoxy groups -OCH3 is 1. The zero-order valence-corrected chi connectivity index (χ0v) is 15.1. The molecule has 0 aliphatic heterocycles. The van der Waals surface area contributed by atoms with Crippen LogP contribution in [0.1, 0.15) is 12.5 Å². The molecule has 0 saturated heterocycles. The molecule has 0 radical (unpaired) electrons. The molecule has 0 spiro atoms. The van der Waals surface area contributed by atoms with E-state index >= 15 is 0 Å². The Kier molecular flexibility index (Phi) is 6.22. The second-order valence-corrected chi connectivity index (χ2v) is 5.72. The molecule has 0 saturated carbocycles. The second-order valence-electron chi connectivity index (χ2n) is 4.96. The van der Waals surface area contributed by atoms with Crippen molar-refractivity contribution in [3.8, 4) is 5.75 Å². The number of hydrogen-bond acceptors (Lipinski definition) is 4. The summed E-state index contributed by atoms with van der Waals surface area (Å²) in [6, 6.07) is 5.86. The predicted molar refractivity (Wildman–Crippen MR) is 97.4 cm³/mol. The number of ether oxygens (including phenoxy) is 1. The molecule has 2 rings (SSSR count). The van der Waals surface area contributed by atoms with E-state index in [2.05, 4.69) is 4.98 Å². The van der Waals surface area contributed by atoms with Crippen LogP contribution in [0, 0.1) is 5.82 Å². The van der Waals surface area contributed by atoms with E-state index < -0.39 is 11.7 Å². The minimum atomic E-state index is -0.741. The van der Waals surface area contributed by atoms with Gasteiger partial charge in [0.25, 0.3) is 5.91 Å². The first-order valence-electron chi connectivity index (χ1n) is 7.31. The fraction of sp³-hybridized carbons (Fsp3) is 0.176. The monoisotopic (exact) mass is 383 g/mol. The molecule has 25 heavy (non-hydrogen) atoms. The fourth-order valence-corrected chi connectivity index (χ4v) is 2.74. The first-order chi connectivity index (χ1) is 11.9. The van der Waals surface area contributed by atoms with Gasteiger partial charge in [0.05, 0.1) is 17.8 Å². The average Bonchev–Trinajstić information content (AvgIpc) is 2.57. The summed E-state index contributed by atoms with van der Waals surface area (Å²) in [4.78, 5) is 17.5. The zero-order chi connectivity index (χ0) is 18.6. The van der Waals surface area contributed by atoms with Crippen molar-refractivity contribution in [3.05, 3.63) is 57.7 Å². The van der Waals surface area contributed by atoms with Gasteiger partial charge >= 0.3 is 0 Å². The topological polar surface area (TPSA) is 68.5 Å². The highest BCUT2D eigenvalue weighted by Gasteiger charge is 2.19. The molecule has 1 amide bonds. The lowest BCUT2D eigenvalue weighted by Crippen LogP contribution is -2.31. The maximum atomic E-state index is 14.2. The van der Waals surface area contributed by atoms with E-state index in [9.17, 15) is 9.18 Å². The van der Waals surface area contributed by atoms with E-state index in [1.165, 1.54) is 25.4 Å². The first-order valence-corrected chi connectivity index (χ1v) is 8.07. The van der Waals surface area contributed by atoms with E-state index in [0.29, 0.717) is 12.2 Å². The molecule has 0 unspecified atom stereocenters. The normalized spacial score (nSPS) is 11.3. The molecular formula is C17H16Cl2FN3O2. The van der Waals surface area contributed by atoms with Crippen molar-refractivity contribution in [2.75, 3.05) is 18.6 Å². The number of pyridine rings is 1. The maximum Gasteiger partial charge on any atom is 0.265 e. The van der Waals surface area contributed by atoms with Gasteiger partial charge in [-0.05, 0) is 37.3 Å². The molecule has 132 valence electrons. The predicted octanol–water partition coefficient (Wildman–Crippen LogP) is 3.89. The quantitative estimate of drug-likeness (QED) is 0.606. The molecule has 0 fully saturated rings. The van der Waals surface area contributed by atoms with Gasteiger partial charge in [0.2, 0.25) is 0 Å². The van der Waals surface area contributed by atoms with Crippen LogP contribution in [0.15, 0.2) is 36.2 Å². The van der Waals surface area contributed by atoms with Crippen LogP contribution in [0.25, 0.3) is 6.08 Å². The van der Waals surface area contributed by atoms with Gasteiger partial charge in [-0.2, -0.15) is 0 Å². The van der Waals surface area contributed by atoms with E-state index in [1.807, 2.05) is 0 Å². The number of anilines is 1. The number of carbonyl (C=O) groups is 1. The van der Waals surface area contributed by atoms with E-state index in [1.54, 1.807) is 24.0 Å². The van der Waals surface area contributed by atoms with Crippen molar-refractivity contribution in [2.45, 2.75) is 6.92 Å². The second kappa shape index (κ2) is 8.18. The lowest BCUT2D eigenvalue weighted by atomic mass is 10.1. The number of nitrogens with two attached hydrogens (primary N) is 1. The van der Waals surface area contributed by atoms with Gasteiger partial charge in [-0.15, -0.1) is 0 Å². The summed E-state index contributed by atoms with van der Waals surface area (Å²) >= 11 is 12.0. The molecule has 0 aliphatic carbocycles. The van der Waals surface area contributed by atoms with Crippen LogP contribution in [0.2, 0.25) is 10.2 Å². The third-order valence-corrected chi connectivity index (χ3v) is 4.04. The Morgan fingerprint density at radius 2 is 2.16 bits per heavy atom. The Morgan fingerprint density at radius 1 is 1.44 bits per heavy atom. The molecule has 2 aromatic rings. The molecule has 5 nitrogen and oxygen atoms in total. The number of amides is 1. The van der Waals surface area contributed by atoms with Crippen LogP contribution < -0.4 is 15.4 Å². The Hall–Kier alpha value is -2.31. The number of likely N-dealkylation sites (N-methyl/N-ethyl adjacent to an activating group) is 1. The number of hydrogen-bond donors (Lipinski definition) is 1. The van der Waals surface area contributed by atoms with Crippen LogP contribution >= 0.6 is 23.2 Å². The highest BCUT2D eigenvalue weighted by atomic mass is 35.5. The number of rotatable bonds is 6. The molecule has 1 heterocycles. The number of nitrogens with zero attached hydrogens (tertiary/aromatic N) is 2. The standard InChI is InChI=1S/C17H16Cl2FN3O2/c1-3-23(13-5-4-6-22-16(13)19)14(17(21)24)7-10-8-15(25-2)11(18)9-12(10)20/h4-9H,3H2,1-2H3,(H2,21,24)/b14-7+. The summed E-state index contributed by atoms with van der Waals surface area (Å²) in [6.07, 6.45) is 2.85. The summed E-state index contributed by atoms with van der Waals surface area (Å²) in [5.74, 6) is -1.08. The molecule has 0 bridgehead atoms. The van der Waals surface area contributed by atoms with Crippen LogP contribution in [-0.4, -0.2) is 24.5 Å². The van der Waals surface area contributed by atoms with Crippen LogP contribution in [0.5, 0.6) is 5.75 Å². The third-order valence-electron chi connectivity index (χ3n) is 3.45. The van der Waals surface area contributed by atoms with E-state index in [0.717, 1.165) is 6.07 Å². The highest BCUT2D eigenvalue weighted by molar-refractivity contribution is 6.32. The van der Waals surface area contributed by atoms with Gasteiger partial charge in [-0.1, -0.05) is 23.2 Å². The van der Waals surface area contributed by atoms with Crippen molar-refractivity contribution in [1.29, 1.82) is 0 Å². The Morgan fingerprint density at radius 3 is 2.72 bits per heavy atom. The first kappa shape index (κ1) is 19.0. The molecule has 8 heteroatoms. The molecular weight excluding hydrogens is 368 g/mol. The minimum absolute atomic E-state index is 0.0562. The van der Waals surface area contributed by atoms with Gasteiger partial charge in [-0.3, -0.25) is 4.79 Å². The molecule has 1 aromatic heterocycles. The van der Waals surface area contributed by atoms with Gasteiger partial charge in [-0.25, -0.2) is 9.37 Å². The lowest BCUT2D eigenvalue weighted by Gasteiger charge is -2.24. The summed E-state index contributed by atoms with van der Waals surface area (Å²) in [5.41, 5.74) is 6.15. The number of benzene rings is 1.